The quantitative estimate of drug-likeness (QED) is 0.669. The molecule has 108 valence electrons. The van der Waals surface area contributed by atoms with E-state index in [1.165, 1.54) is 13.2 Å². The molecule has 2 rings (SSSR count). The van der Waals surface area contributed by atoms with Crippen molar-refractivity contribution in [3.05, 3.63) is 28.3 Å². The number of aliphatic carboxylic acids is 1. The summed E-state index contributed by atoms with van der Waals surface area (Å²) in [7, 11) is 1.37. The van der Waals surface area contributed by atoms with Crippen LogP contribution in [-0.4, -0.2) is 36.2 Å². The van der Waals surface area contributed by atoms with Gasteiger partial charge >= 0.3 is 11.7 Å². The lowest BCUT2D eigenvalue weighted by atomic mass is 9.90. The third-order valence-corrected chi connectivity index (χ3v) is 3.71. The fourth-order valence-electron chi connectivity index (χ4n) is 2.46. The molecule has 1 unspecified atom stereocenters. The minimum absolute atomic E-state index is 0.121. The van der Waals surface area contributed by atoms with Gasteiger partial charge < -0.3 is 14.7 Å². The number of hydrogen-bond acceptors (Lipinski definition) is 5. The zero-order valence-electron chi connectivity index (χ0n) is 11.3. The number of para-hydroxylation sites is 1. The summed E-state index contributed by atoms with van der Waals surface area (Å²) in [5.41, 5.74) is -0.597. The second-order valence-corrected chi connectivity index (χ2v) is 5.12. The molecule has 0 aliphatic carbocycles. The number of benzene rings is 1. The Bertz CT molecular complexity index is 560. The van der Waals surface area contributed by atoms with Crippen molar-refractivity contribution in [1.29, 1.82) is 0 Å². The van der Waals surface area contributed by atoms with Crippen LogP contribution in [0.15, 0.2) is 18.2 Å². The lowest BCUT2D eigenvalue weighted by Crippen LogP contribution is -2.31. The summed E-state index contributed by atoms with van der Waals surface area (Å²) in [6.45, 7) is 2.37. The Labute approximate surface area is 115 Å². The molecule has 0 saturated carbocycles. The molecule has 7 nitrogen and oxygen atoms in total. The molecular weight excluding hydrogens is 264 g/mol. The highest BCUT2D eigenvalue weighted by atomic mass is 16.6. The highest BCUT2D eigenvalue weighted by Crippen LogP contribution is 2.41. The molecule has 0 aromatic heterocycles. The average molecular weight is 280 g/mol. The van der Waals surface area contributed by atoms with Crippen molar-refractivity contribution in [2.75, 3.05) is 25.1 Å². The topological polar surface area (TPSA) is 92.9 Å². The van der Waals surface area contributed by atoms with Gasteiger partial charge in [-0.15, -0.1) is 0 Å². The molecule has 1 saturated heterocycles. The Balaban J connectivity index is 2.40. The first-order valence-electron chi connectivity index (χ1n) is 6.19. The standard InChI is InChI=1S/C13H16N2O5/c1-13(12(16)17)6-7-14(8-13)9-4-3-5-10(20-2)11(9)15(18)19/h3-5H,6-8H2,1-2H3,(H,16,17). The maximum Gasteiger partial charge on any atom is 0.333 e. The van der Waals surface area contributed by atoms with Crippen molar-refractivity contribution in [2.45, 2.75) is 13.3 Å². The number of carboxylic acids is 1. The van der Waals surface area contributed by atoms with E-state index < -0.39 is 16.3 Å². The summed E-state index contributed by atoms with van der Waals surface area (Å²) < 4.78 is 5.02. The van der Waals surface area contributed by atoms with Gasteiger partial charge in [0.1, 0.15) is 5.69 Å². The van der Waals surface area contributed by atoms with E-state index in [1.807, 2.05) is 0 Å². The van der Waals surface area contributed by atoms with Crippen LogP contribution in [0.1, 0.15) is 13.3 Å². The summed E-state index contributed by atoms with van der Waals surface area (Å²) >= 11 is 0. The van der Waals surface area contributed by atoms with E-state index in [1.54, 1.807) is 24.0 Å². The van der Waals surface area contributed by atoms with Gasteiger partial charge in [0.15, 0.2) is 5.75 Å². The second-order valence-electron chi connectivity index (χ2n) is 5.12. The number of nitro benzene ring substituents is 1. The molecule has 1 N–H and O–H groups in total. The molecule has 1 aliphatic heterocycles. The number of anilines is 1. The van der Waals surface area contributed by atoms with E-state index in [4.69, 9.17) is 4.74 Å². The van der Waals surface area contributed by atoms with Gasteiger partial charge in [0.05, 0.1) is 17.4 Å². The van der Waals surface area contributed by atoms with E-state index in [0.29, 0.717) is 18.7 Å². The predicted molar refractivity (Wildman–Crippen MR) is 72.2 cm³/mol. The molecular formula is C13H16N2O5. The van der Waals surface area contributed by atoms with Gasteiger partial charge in [-0.3, -0.25) is 14.9 Å². The molecule has 1 aliphatic rings. The predicted octanol–water partition coefficient (Wildman–Crippen LogP) is 1.90. The van der Waals surface area contributed by atoms with Gasteiger partial charge in [0.25, 0.3) is 0 Å². The SMILES string of the molecule is COc1cccc(N2CCC(C)(C(=O)O)C2)c1[N+](=O)[O-]. The van der Waals surface area contributed by atoms with Crippen LogP contribution in [0.5, 0.6) is 5.75 Å². The minimum atomic E-state index is -0.884. The number of carboxylic acid groups (broad SMARTS) is 1. The number of methoxy groups -OCH3 is 1. The first-order chi connectivity index (χ1) is 9.39. The Hall–Kier alpha value is -2.31. The first-order valence-corrected chi connectivity index (χ1v) is 6.19. The molecule has 1 fully saturated rings. The van der Waals surface area contributed by atoms with Crippen molar-refractivity contribution < 1.29 is 19.6 Å². The van der Waals surface area contributed by atoms with Gasteiger partial charge in [-0.25, -0.2) is 0 Å². The molecule has 1 atom stereocenters. The third kappa shape index (κ3) is 2.26. The second kappa shape index (κ2) is 4.99. The Morgan fingerprint density at radius 3 is 2.75 bits per heavy atom. The largest absolute Gasteiger partial charge is 0.490 e. The molecule has 0 spiro atoms. The van der Waals surface area contributed by atoms with E-state index in [0.717, 1.165) is 0 Å². The molecule has 1 heterocycles. The smallest absolute Gasteiger partial charge is 0.333 e. The van der Waals surface area contributed by atoms with Crippen LogP contribution in [0.4, 0.5) is 11.4 Å². The minimum Gasteiger partial charge on any atom is -0.490 e. The molecule has 7 heteroatoms. The van der Waals surface area contributed by atoms with Crippen LogP contribution in [0.2, 0.25) is 0 Å². The number of hydrogen-bond donors (Lipinski definition) is 1. The summed E-state index contributed by atoms with van der Waals surface area (Å²) in [6, 6.07) is 4.81. The summed E-state index contributed by atoms with van der Waals surface area (Å²) in [4.78, 5) is 23.7. The monoisotopic (exact) mass is 280 g/mol. The number of ether oxygens (including phenoxy) is 1. The molecule has 1 aromatic rings. The molecule has 0 radical (unpaired) electrons. The zero-order valence-corrected chi connectivity index (χ0v) is 11.3. The zero-order chi connectivity index (χ0) is 14.9. The normalized spacial score (nSPS) is 21.8. The van der Waals surface area contributed by atoms with Crippen molar-refractivity contribution >= 4 is 17.3 Å². The Morgan fingerprint density at radius 2 is 2.25 bits per heavy atom. The van der Waals surface area contributed by atoms with Crippen molar-refractivity contribution in [1.82, 2.24) is 0 Å². The van der Waals surface area contributed by atoms with E-state index in [-0.39, 0.29) is 18.0 Å². The molecule has 20 heavy (non-hydrogen) atoms. The van der Waals surface area contributed by atoms with Crippen LogP contribution in [-0.2, 0) is 4.79 Å². The summed E-state index contributed by atoms with van der Waals surface area (Å²) in [6.07, 6.45) is 0.455. The lowest BCUT2D eigenvalue weighted by molar-refractivity contribution is -0.385. The van der Waals surface area contributed by atoms with Crippen LogP contribution >= 0.6 is 0 Å². The molecule has 0 amide bonds. The van der Waals surface area contributed by atoms with Crippen molar-refractivity contribution in [3.63, 3.8) is 0 Å². The van der Waals surface area contributed by atoms with Gasteiger partial charge in [-0.05, 0) is 25.5 Å². The van der Waals surface area contributed by atoms with Gasteiger partial charge in [-0.1, -0.05) is 6.07 Å². The summed E-state index contributed by atoms with van der Waals surface area (Å²) in [5.74, 6) is -0.707. The maximum atomic E-state index is 11.3. The molecule has 1 aromatic carbocycles. The van der Waals surface area contributed by atoms with Crippen LogP contribution in [0.25, 0.3) is 0 Å². The van der Waals surface area contributed by atoms with E-state index in [9.17, 15) is 20.0 Å². The Morgan fingerprint density at radius 1 is 1.55 bits per heavy atom. The first kappa shape index (κ1) is 14.1. The number of carbonyl (C=O) groups is 1. The average Bonchev–Trinajstić information content (AvgIpc) is 2.81. The highest BCUT2D eigenvalue weighted by Gasteiger charge is 2.42. The number of rotatable bonds is 4. The fourth-order valence-corrected chi connectivity index (χ4v) is 2.46. The molecule has 0 bridgehead atoms. The van der Waals surface area contributed by atoms with Gasteiger partial charge in [0.2, 0.25) is 0 Å². The third-order valence-electron chi connectivity index (χ3n) is 3.71. The van der Waals surface area contributed by atoms with E-state index in [2.05, 4.69) is 0 Å². The van der Waals surface area contributed by atoms with Gasteiger partial charge in [0, 0.05) is 13.1 Å². The fraction of sp³-hybridized carbons (Fsp3) is 0.462. The Kier molecular flexibility index (Phi) is 3.52. The summed E-state index contributed by atoms with van der Waals surface area (Å²) in [5, 5.41) is 20.5. The number of nitrogens with zero attached hydrogens (tertiary/aromatic N) is 2. The van der Waals surface area contributed by atoms with Crippen LogP contribution in [0.3, 0.4) is 0 Å². The highest BCUT2D eigenvalue weighted by molar-refractivity contribution is 5.78. The van der Waals surface area contributed by atoms with Crippen molar-refractivity contribution in [2.24, 2.45) is 5.41 Å². The maximum absolute atomic E-state index is 11.3. The van der Waals surface area contributed by atoms with Crippen LogP contribution < -0.4 is 9.64 Å². The lowest BCUT2D eigenvalue weighted by Gasteiger charge is -2.22. The van der Waals surface area contributed by atoms with E-state index >= 15 is 0 Å². The van der Waals surface area contributed by atoms with Gasteiger partial charge in [-0.2, -0.15) is 0 Å². The van der Waals surface area contributed by atoms with Crippen LogP contribution in [0, 0.1) is 15.5 Å². The van der Waals surface area contributed by atoms with Crippen molar-refractivity contribution in [3.8, 4) is 5.75 Å². The number of nitro groups is 1.